The quantitative estimate of drug-likeness (QED) is 0.553. The first-order chi connectivity index (χ1) is 15.3. The Hall–Kier alpha value is -4.00. The molecule has 5 rings (SSSR count). The largest absolute Gasteiger partial charge is 0.352 e. The van der Waals surface area contributed by atoms with E-state index in [4.69, 9.17) is 0 Å². The maximum absolute atomic E-state index is 13.1. The van der Waals surface area contributed by atoms with Gasteiger partial charge in [0.2, 0.25) is 0 Å². The van der Waals surface area contributed by atoms with Gasteiger partial charge in [0.25, 0.3) is 5.91 Å². The Morgan fingerprint density at radius 2 is 1.68 bits per heavy atom. The van der Waals surface area contributed by atoms with Crippen molar-refractivity contribution in [2.24, 2.45) is 0 Å². The number of carbonyl (C=O) groups is 1. The van der Waals surface area contributed by atoms with Crippen molar-refractivity contribution >= 4 is 34.0 Å². The Morgan fingerprint density at radius 1 is 0.839 bits per heavy atom. The summed E-state index contributed by atoms with van der Waals surface area (Å²) < 4.78 is 0. The van der Waals surface area contributed by atoms with Gasteiger partial charge in [-0.25, -0.2) is 0 Å². The standard InChI is InChI=1S/C24H22N6O/c31-24(21-9-3-6-18-5-1-2-8-20(18)21)30-15-13-29(14-16-30)23-11-10-22(27-28-23)26-19-7-4-12-25-17-19/h1-12,17H,13-16H2,(H,26,27). The number of hydrogen-bond donors (Lipinski definition) is 1. The van der Waals surface area contributed by atoms with Crippen LogP contribution in [0, 0.1) is 0 Å². The van der Waals surface area contributed by atoms with Gasteiger partial charge in [-0.3, -0.25) is 9.78 Å². The number of nitrogens with one attached hydrogen (secondary N) is 1. The molecule has 154 valence electrons. The van der Waals surface area contributed by atoms with Gasteiger partial charge in [-0.05, 0) is 41.1 Å². The number of amides is 1. The molecular formula is C24H22N6O. The molecule has 1 amide bonds. The van der Waals surface area contributed by atoms with E-state index in [9.17, 15) is 4.79 Å². The summed E-state index contributed by atoms with van der Waals surface area (Å²) in [7, 11) is 0. The zero-order valence-corrected chi connectivity index (χ0v) is 17.0. The number of carbonyl (C=O) groups excluding carboxylic acids is 1. The van der Waals surface area contributed by atoms with E-state index in [-0.39, 0.29) is 5.91 Å². The van der Waals surface area contributed by atoms with Gasteiger partial charge in [0.15, 0.2) is 11.6 Å². The highest BCUT2D eigenvalue weighted by molar-refractivity contribution is 6.07. The number of rotatable bonds is 4. The van der Waals surface area contributed by atoms with Gasteiger partial charge in [-0.1, -0.05) is 36.4 Å². The van der Waals surface area contributed by atoms with Gasteiger partial charge in [0.1, 0.15) is 0 Å². The minimum absolute atomic E-state index is 0.0820. The van der Waals surface area contributed by atoms with Crippen LogP contribution >= 0.6 is 0 Å². The maximum Gasteiger partial charge on any atom is 0.254 e. The third-order valence-electron chi connectivity index (χ3n) is 5.50. The number of pyridine rings is 1. The second-order valence-electron chi connectivity index (χ2n) is 7.45. The second-order valence-corrected chi connectivity index (χ2v) is 7.45. The molecule has 2 aromatic carbocycles. The lowest BCUT2D eigenvalue weighted by Gasteiger charge is -2.35. The molecular weight excluding hydrogens is 388 g/mol. The lowest BCUT2D eigenvalue weighted by atomic mass is 10.0. The van der Waals surface area contributed by atoms with Crippen molar-refractivity contribution in [3.8, 4) is 0 Å². The van der Waals surface area contributed by atoms with Crippen LogP contribution in [-0.4, -0.2) is 52.2 Å². The molecule has 1 aliphatic heterocycles. The highest BCUT2D eigenvalue weighted by atomic mass is 16.2. The molecule has 0 unspecified atom stereocenters. The molecule has 7 nitrogen and oxygen atoms in total. The van der Waals surface area contributed by atoms with Crippen molar-refractivity contribution < 1.29 is 4.79 Å². The molecule has 0 bridgehead atoms. The fourth-order valence-electron chi connectivity index (χ4n) is 3.87. The van der Waals surface area contributed by atoms with E-state index in [2.05, 4.69) is 25.4 Å². The number of nitrogens with zero attached hydrogens (tertiary/aromatic N) is 5. The fraction of sp³-hybridized carbons (Fsp3) is 0.167. The summed E-state index contributed by atoms with van der Waals surface area (Å²) in [5, 5.41) is 13.9. The molecule has 31 heavy (non-hydrogen) atoms. The number of benzene rings is 2. The third-order valence-corrected chi connectivity index (χ3v) is 5.50. The molecule has 0 spiro atoms. The molecule has 1 aliphatic rings. The van der Waals surface area contributed by atoms with Crippen molar-refractivity contribution in [1.82, 2.24) is 20.1 Å². The molecule has 0 aliphatic carbocycles. The summed E-state index contributed by atoms with van der Waals surface area (Å²) in [6, 6.07) is 21.6. The molecule has 1 N–H and O–H groups in total. The average molecular weight is 410 g/mol. The van der Waals surface area contributed by atoms with E-state index in [0.29, 0.717) is 18.9 Å². The van der Waals surface area contributed by atoms with Crippen molar-refractivity contribution in [3.63, 3.8) is 0 Å². The Morgan fingerprint density at radius 3 is 2.45 bits per heavy atom. The lowest BCUT2D eigenvalue weighted by molar-refractivity contribution is 0.0748. The number of anilines is 3. The van der Waals surface area contributed by atoms with Gasteiger partial charge < -0.3 is 15.1 Å². The Bertz CT molecular complexity index is 1180. The van der Waals surface area contributed by atoms with E-state index in [1.54, 1.807) is 12.4 Å². The molecule has 3 heterocycles. The lowest BCUT2D eigenvalue weighted by Crippen LogP contribution is -2.49. The van der Waals surface area contributed by atoms with Gasteiger partial charge in [-0.2, -0.15) is 0 Å². The van der Waals surface area contributed by atoms with E-state index >= 15 is 0 Å². The van der Waals surface area contributed by atoms with E-state index in [0.717, 1.165) is 40.9 Å². The average Bonchev–Trinajstić information content (AvgIpc) is 2.84. The molecule has 1 fully saturated rings. The topological polar surface area (TPSA) is 74.2 Å². The molecule has 0 radical (unpaired) electrons. The molecule has 4 aromatic rings. The van der Waals surface area contributed by atoms with Gasteiger partial charge in [0, 0.05) is 37.9 Å². The first-order valence-corrected chi connectivity index (χ1v) is 10.3. The van der Waals surface area contributed by atoms with Crippen LogP contribution in [0.4, 0.5) is 17.3 Å². The highest BCUT2D eigenvalue weighted by Gasteiger charge is 2.24. The minimum atomic E-state index is 0.0820. The minimum Gasteiger partial charge on any atom is -0.352 e. The highest BCUT2D eigenvalue weighted by Crippen LogP contribution is 2.22. The third kappa shape index (κ3) is 4.02. The maximum atomic E-state index is 13.1. The first-order valence-electron chi connectivity index (χ1n) is 10.3. The SMILES string of the molecule is O=C(c1cccc2ccccc12)N1CCN(c2ccc(Nc3cccnc3)nn2)CC1. The molecule has 2 aromatic heterocycles. The monoisotopic (exact) mass is 410 g/mol. The van der Waals surface area contributed by atoms with Crippen LogP contribution in [0.1, 0.15) is 10.4 Å². The summed E-state index contributed by atoms with van der Waals surface area (Å²) in [5.41, 5.74) is 1.63. The van der Waals surface area contributed by atoms with Gasteiger partial charge in [0.05, 0.1) is 11.9 Å². The predicted octanol–water partition coefficient (Wildman–Crippen LogP) is 3.73. The van der Waals surface area contributed by atoms with Crippen LogP contribution in [0.25, 0.3) is 10.8 Å². The zero-order valence-electron chi connectivity index (χ0n) is 17.0. The Labute approximate surface area is 180 Å². The fourth-order valence-corrected chi connectivity index (χ4v) is 3.87. The normalized spacial score (nSPS) is 13.9. The van der Waals surface area contributed by atoms with Crippen molar-refractivity contribution in [1.29, 1.82) is 0 Å². The van der Waals surface area contributed by atoms with E-state index in [1.807, 2.05) is 71.6 Å². The van der Waals surface area contributed by atoms with E-state index in [1.165, 1.54) is 0 Å². The zero-order chi connectivity index (χ0) is 21.0. The summed E-state index contributed by atoms with van der Waals surface area (Å²) in [6.45, 7) is 2.75. The van der Waals surface area contributed by atoms with Crippen molar-refractivity contribution in [3.05, 3.63) is 84.7 Å². The van der Waals surface area contributed by atoms with Crippen LogP contribution in [0.15, 0.2) is 79.1 Å². The van der Waals surface area contributed by atoms with Gasteiger partial charge >= 0.3 is 0 Å². The Kier molecular flexibility index (Phi) is 5.14. The first kappa shape index (κ1) is 19.0. The number of fused-ring (bicyclic) bond motifs is 1. The van der Waals surface area contributed by atoms with Crippen molar-refractivity contribution in [2.45, 2.75) is 0 Å². The molecule has 0 saturated carbocycles. The summed E-state index contributed by atoms with van der Waals surface area (Å²) in [4.78, 5) is 21.3. The van der Waals surface area contributed by atoms with Crippen LogP contribution in [0.3, 0.4) is 0 Å². The van der Waals surface area contributed by atoms with Crippen LogP contribution in [-0.2, 0) is 0 Å². The van der Waals surface area contributed by atoms with Crippen LogP contribution in [0.5, 0.6) is 0 Å². The number of aromatic nitrogens is 3. The number of hydrogen-bond acceptors (Lipinski definition) is 6. The molecule has 7 heteroatoms. The summed E-state index contributed by atoms with van der Waals surface area (Å²) in [5.74, 6) is 1.56. The van der Waals surface area contributed by atoms with Gasteiger partial charge in [-0.15, -0.1) is 10.2 Å². The second kappa shape index (κ2) is 8.39. The molecule has 0 atom stereocenters. The van der Waals surface area contributed by atoms with Crippen LogP contribution in [0.2, 0.25) is 0 Å². The summed E-state index contributed by atoms with van der Waals surface area (Å²) in [6.07, 6.45) is 3.46. The summed E-state index contributed by atoms with van der Waals surface area (Å²) >= 11 is 0. The smallest absolute Gasteiger partial charge is 0.254 e. The predicted molar refractivity (Wildman–Crippen MR) is 122 cm³/mol. The van der Waals surface area contributed by atoms with Crippen LogP contribution < -0.4 is 10.2 Å². The molecule has 1 saturated heterocycles. The Balaban J connectivity index is 1.23. The van der Waals surface area contributed by atoms with E-state index < -0.39 is 0 Å². The van der Waals surface area contributed by atoms with Crippen molar-refractivity contribution in [2.75, 3.05) is 36.4 Å². The number of piperazine rings is 1.